The first-order valence-electron chi connectivity index (χ1n) is 4.86. The molecular formula is C11H18N2. The van der Waals surface area contributed by atoms with Crippen LogP contribution in [-0.2, 0) is 12.8 Å². The van der Waals surface area contributed by atoms with Gasteiger partial charge in [-0.25, -0.2) is 0 Å². The molecule has 0 radical (unpaired) electrons. The van der Waals surface area contributed by atoms with Gasteiger partial charge in [-0.05, 0) is 36.9 Å². The van der Waals surface area contributed by atoms with Gasteiger partial charge < -0.3 is 5.73 Å². The van der Waals surface area contributed by atoms with Crippen LogP contribution in [0.2, 0.25) is 0 Å². The zero-order valence-corrected chi connectivity index (χ0v) is 8.46. The molecular weight excluding hydrogens is 160 g/mol. The third kappa shape index (κ3) is 3.55. The summed E-state index contributed by atoms with van der Waals surface area (Å²) in [5, 5.41) is 0. The van der Waals surface area contributed by atoms with Crippen molar-refractivity contribution >= 4 is 0 Å². The highest BCUT2D eigenvalue weighted by Crippen LogP contribution is 2.06. The number of hydrogen-bond donors (Lipinski definition) is 1. The van der Waals surface area contributed by atoms with Crippen molar-refractivity contribution in [3.05, 3.63) is 29.6 Å². The lowest BCUT2D eigenvalue weighted by atomic mass is 10.1. The summed E-state index contributed by atoms with van der Waals surface area (Å²) in [6.07, 6.45) is 3.92. The van der Waals surface area contributed by atoms with E-state index in [0.29, 0.717) is 12.5 Å². The molecule has 0 aromatic carbocycles. The zero-order valence-electron chi connectivity index (χ0n) is 8.46. The molecule has 1 rings (SSSR count). The molecule has 0 saturated heterocycles. The lowest BCUT2D eigenvalue weighted by Crippen LogP contribution is -2.04. The molecule has 1 aromatic heterocycles. The average Bonchev–Trinajstić information content (AvgIpc) is 2.08. The predicted molar refractivity (Wildman–Crippen MR) is 55.5 cm³/mol. The number of rotatable bonds is 4. The topological polar surface area (TPSA) is 38.9 Å². The summed E-state index contributed by atoms with van der Waals surface area (Å²) < 4.78 is 0. The Morgan fingerprint density at radius 2 is 2.15 bits per heavy atom. The molecule has 0 atom stereocenters. The molecule has 0 spiro atoms. The molecule has 0 saturated carbocycles. The highest BCUT2D eigenvalue weighted by molar-refractivity contribution is 5.14. The third-order valence-corrected chi connectivity index (χ3v) is 1.94. The lowest BCUT2D eigenvalue weighted by Gasteiger charge is -2.04. The molecule has 2 nitrogen and oxygen atoms in total. The van der Waals surface area contributed by atoms with E-state index in [1.54, 1.807) is 0 Å². The number of nitrogens with two attached hydrogens (primary N) is 1. The molecule has 0 bridgehead atoms. The second kappa shape index (κ2) is 4.97. The summed E-state index contributed by atoms with van der Waals surface area (Å²) in [5.74, 6) is 0.674. The SMILES string of the molecule is CC(C)Cc1ccc(CCN)cn1. The van der Waals surface area contributed by atoms with E-state index in [1.165, 1.54) is 11.3 Å². The van der Waals surface area contributed by atoms with Crippen LogP contribution in [0.15, 0.2) is 18.3 Å². The molecule has 1 heterocycles. The molecule has 0 aliphatic heterocycles. The van der Waals surface area contributed by atoms with Crippen molar-refractivity contribution < 1.29 is 0 Å². The number of aromatic nitrogens is 1. The van der Waals surface area contributed by atoms with Gasteiger partial charge in [-0.2, -0.15) is 0 Å². The Bertz CT molecular complexity index is 239. The Hall–Kier alpha value is -0.890. The van der Waals surface area contributed by atoms with Gasteiger partial charge in [0.25, 0.3) is 0 Å². The fourth-order valence-electron chi connectivity index (χ4n) is 1.31. The second-order valence-corrected chi connectivity index (χ2v) is 3.79. The number of hydrogen-bond acceptors (Lipinski definition) is 2. The van der Waals surface area contributed by atoms with Crippen LogP contribution in [0.1, 0.15) is 25.1 Å². The second-order valence-electron chi connectivity index (χ2n) is 3.79. The standard InChI is InChI=1S/C11H18N2/c1-9(2)7-11-4-3-10(5-6-12)8-13-11/h3-4,8-9H,5-7,12H2,1-2H3. The van der Waals surface area contributed by atoms with E-state index in [4.69, 9.17) is 5.73 Å². The molecule has 0 fully saturated rings. The summed E-state index contributed by atoms with van der Waals surface area (Å²) in [5.41, 5.74) is 7.86. The number of nitrogens with zero attached hydrogens (tertiary/aromatic N) is 1. The monoisotopic (exact) mass is 178 g/mol. The molecule has 0 amide bonds. The van der Waals surface area contributed by atoms with Gasteiger partial charge >= 0.3 is 0 Å². The summed E-state index contributed by atoms with van der Waals surface area (Å²) >= 11 is 0. The van der Waals surface area contributed by atoms with Crippen LogP contribution in [0.4, 0.5) is 0 Å². The van der Waals surface area contributed by atoms with Gasteiger partial charge in [0.1, 0.15) is 0 Å². The molecule has 0 aliphatic rings. The van der Waals surface area contributed by atoms with Crippen molar-refractivity contribution in [2.45, 2.75) is 26.7 Å². The zero-order chi connectivity index (χ0) is 9.68. The Balaban J connectivity index is 2.59. The third-order valence-electron chi connectivity index (χ3n) is 1.94. The minimum atomic E-state index is 0.674. The van der Waals surface area contributed by atoms with Crippen molar-refractivity contribution in [1.82, 2.24) is 4.98 Å². The molecule has 0 unspecified atom stereocenters. The molecule has 0 aliphatic carbocycles. The first kappa shape index (κ1) is 10.2. The van der Waals surface area contributed by atoms with Gasteiger partial charge in [0, 0.05) is 11.9 Å². The van der Waals surface area contributed by atoms with Gasteiger partial charge in [-0.3, -0.25) is 4.98 Å². The van der Waals surface area contributed by atoms with Crippen LogP contribution in [-0.4, -0.2) is 11.5 Å². The normalized spacial score (nSPS) is 10.8. The molecule has 2 heteroatoms. The van der Waals surface area contributed by atoms with E-state index in [-0.39, 0.29) is 0 Å². The predicted octanol–water partition coefficient (Wildman–Crippen LogP) is 1.78. The van der Waals surface area contributed by atoms with Crippen LogP contribution in [0, 0.1) is 5.92 Å². The maximum Gasteiger partial charge on any atom is 0.0406 e. The highest BCUT2D eigenvalue weighted by Gasteiger charge is 1.98. The van der Waals surface area contributed by atoms with Gasteiger partial charge in [-0.15, -0.1) is 0 Å². The molecule has 1 aromatic rings. The van der Waals surface area contributed by atoms with Crippen molar-refractivity contribution in [3.63, 3.8) is 0 Å². The summed E-state index contributed by atoms with van der Waals surface area (Å²) in [6.45, 7) is 5.11. The van der Waals surface area contributed by atoms with Crippen LogP contribution >= 0.6 is 0 Å². The van der Waals surface area contributed by atoms with Crippen molar-refractivity contribution in [1.29, 1.82) is 0 Å². The number of pyridine rings is 1. The Morgan fingerprint density at radius 1 is 1.38 bits per heavy atom. The van der Waals surface area contributed by atoms with Crippen LogP contribution in [0.3, 0.4) is 0 Å². The van der Waals surface area contributed by atoms with E-state index in [0.717, 1.165) is 12.8 Å². The smallest absolute Gasteiger partial charge is 0.0406 e. The Kier molecular flexibility index (Phi) is 3.90. The fourth-order valence-corrected chi connectivity index (χ4v) is 1.31. The minimum Gasteiger partial charge on any atom is -0.330 e. The quantitative estimate of drug-likeness (QED) is 0.763. The minimum absolute atomic E-state index is 0.674. The van der Waals surface area contributed by atoms with E-state index >= 15 is 0 Å². The van der Waals surface area contributed by atoms with Gasteiger partial charge in [0.2, 0.25) is 0 Å². The van der Waals surface area contributed by atoms with Crippen LogP contribution in [0.5, 0.6) is 0 Å². The van der Waals surface area contributed by atoms with Gasteiger partial charge in [0.05, 0.1) is 0 Å². The molecule has 13 heavy (non-hydrogen) atoms. The summed E-state index contributed by atoms with van der Waals surface area (Å²) in [6, 6.07) is 4.22. The molecule has 2 N–H and O–H groups in total. The van der Waals surface area contributed by atoms with E-state index in [2.05, 4.69) is 31.0 Å². The largest absolute Gasteiger partial charge is 0.330 e. The van der Waals surface area contributed by atoms with Gasteiger partial charge in [-0.1, -0.05) is 19.9 Å². The van der Waals surface area contributed by atoms with Crippen molar-refractivity contribution in [3.8, 4) is 0 Å². The maximum atomic E-state index is 5.45. The average molecular weight is 178 g/mol. The van der Waals surface area contributed by atoms with Gasteiger partial charge in [0.15, 0.2) is 0 Å². The summed E-state index contributed by atoms with van der Waals surface area (Å²) in [7, 11) is 0. The highest BCUT2D eigenvalue weighted by atomic mass is 14.7. The van der Waals surface area contributed by atoms with Crippen LogP contribution < -0.4 is 5.73 Å². The van der Waals surface area contributed by atoms with Crippen LogP contribution in [0.25, 0.3) is 0 Å². The maximum absolute atomic E-state index is 5.45. The lowest BCUT2D eigenvalue weighted by molar-refractivity contribution is 0.635. The van der Waals surface area contributed by atoms with Crippen molar-refractivity contribution in [2.24, 2.45) is 11.7 Å². The van der Waals surface area contributed by atoms with E-state index in [9.17, 15) is 0 Å². The van der Waals surface area contributed by atoms with E-state index in [1.807, 2.05) is 6.20 Å². The summed E-state index contributed by atoms with van der Waals surface area (Å²) in [4.78, 5) is 4.38. The first-order chi connectivity index (χ1) is 6.22. The first-order valence-corrected chi connectivity index (χ1v) is 4.86. The van der Waals surface area contributed by atoms with Crippen molar-refractivity contribution in [2.75, 3.05) is 6.54 Å². The van der Waals surface area contributed by atoms with E-state index < -0.39 is 0 Å². The molecule has 72 valence electrons. The fraction of sp³-hybridized carbons (Fsp3) is 0.545. The Morgan fingerprint density at radius 3 is 2.62 bits per heavy atom. The Labute approximate surface area is 80.2 Å².